The maximum absolute atomic E-state index is 12.3. The highest BCUT2D eigenvalue weighted by molar-refractivity contribution is 7.99. The molecule has 22 heavy (non-hydrogen) atoms. The molecular formula is C16H22N4OS. The van der Waals surface area contributed by atoms with Crippen molar-refractivity contribution in [2.75, 3.05) is 17.7 Å². The SMILES string of the molecule is CCCCc1nnc(SCC(=O)N(C)c2ccccc2)n1C. The van der Waals surface area contributed by atoms with Gasteiger partial charge in [0.15, 0.2) is 5.16 Å². The number of carbonyl (C=O) groups excluding carboxylic acids is 1. The van der Waals surface area contributed by atoms with Gasteiger partial charge in [0.25, 0.3) is 0 Å². The van der Waals surface area contributed by atoms with Gasteiger partial charge in [-0.05, 0) is 18.6 Å². The fourth-order valence-corrected chi connectivity index (χ4v) is 2.89. The molecule has 0 atom stereocenters. The lowest BCUT2D eigenvalue weighted by molar-refractivity contribution is -0.115. The number of nitrogens with zero attached hydrogens (tertiary/aromatic N) is 4. The Balaban J connectivity index is 1.92. The Kier molecular flexibility index (Phi) is 6.00. The molecule has 0 aliphatic rings. The maximum atomic E-state index is 12.3. The van der Waals surface area contributed by atoms with Crippen LogP contribution < -0.4 is 4.90 Å². The Morgan fingerprint density at radius 1 is 1.27 bits per heavy atom. The van der Waals surface area contributed by atoms with Gasteiger partial charge < -0.3 is 9.47 Å². The van der Waals surface area contributed by atoms with E-state index in [1.807, 2.05) is 41.9 Å². The van der Waals surface area contributed by atoms with Crippen LogP contribution in [0.4, 0.5) is 5.69 Å². The normalized spacial score (nSPS) is 10.7. The molecule has 0 aliphatic carbocycles. The van der Waals surface area contributed by atoms with Gasteiger partial charge in [0.1, 0.15) is 5.82 Å². The van der Waals surface area contributed by atoms with E-state index < -0.39 is 0 Å². The fraction of sp³-hybridized carbons (Fsp3) is 0.438. The predicted octanol–water partition coefficient (Wildman–Crippen LogP) is 2.91. The van der Waals surface area contributed by atoms with E-state index in [0.29, 0.717) is 5.75 Å². The molecule has 2 aromatic rings. The van der Waals surface area contributed by atoms with Gasteiger partial charge >= 0.3 is 0 Å². The Morgan fingerprint density at radius 2 is 2.00 bits per heavy atom. The number of para-hydroxylation sites is 1. The Labute approximate surface area is 135 Å². The van der Waals surface area contributed by atoms with Gasteiger partial charge in [-0.3, -0.25) is 4.79 Å². The third kappa shape index (κ3) is 4.10. The maximum Gasteiger partial charge on any atom is 0.237 e. The summed E-state index contributed by atoms with van der Waals surface area (Å²) in [5.74, 6) is 1.38. The van der Waals surface area contributed by atoms with E-state index >= 15 is 0 Å². The van der Waals surface area contributed by atoms with Crippen LogP contribution in [0.2, 0.25) is 0 Å². The number of amides is 1. The highest BCUT2D eigenvalue weighted by Gasteiger charge is 2.14. The lowest BCUT2D eigenvalue weighted by atomic mass is 10.2. The van der Waals surface area contributed by atoms with Crippen LogP contribution in [0.5, 0.6) is 0 Å². The van der Waals surface area contributed by atoms with Gasteiger partial charge in [-0.15, -0.1) is 10.2 Å². The highest BCUT2D eigenvalue weighted by atomic mass is 32.2. The van der Waals surface area contributed by atoms with Gasteiger partial charge in [-0.2, -0.15) is 0 Å². The van der Waals surface area contributed by atoms with Crippen LogP contribution in [0.3, 0.4) is 0 Å². The average molecular weight is 318 g/mol. The quantitative estimate of drug-likeness (QED) is 0.737. The number of carbonyl (C=O) groups is 1. The molecular weight excluding hydrogens is 296 g/mol. The van der Waals surface area contributed by atoms with E-state index in [4.69, 9.17) is 0 Å². The smallest absolute Gasteiger partial charge is 0.237 e. The third-order valence-electron chi connectivity index (χ3n) is 3.52. The molecule has 0 bridgehead atoms. The topological polar surface area (TPSA) is 51.0 Å². The highest BCUT2D eigenvalue weighted by Crippen LogP contribution is 2.19. The molecule has 1 heterocycles. The molecule has 0 radical (unpaired) electrons. The first-order chi connectivity index (χ1) is 10.6. The molecule has 6 heteroatoms. The molecule has 1 aromatic carbocycles. The summed E-state index contributed by atoms with van der Waals surface area (Å²) >= 11 is 1.43. The van der Waals surface area contributed by atoms with Crippen molar-refractivity contribution in [1.82, 2.24) is 14.8 Å². The number of aryl methyl sites for hydroxylation is 1. The molecule has 0 aliphatic heterocycles. The number of hydrogen-bond donors (Lipinski definition) is 0. The summed E-state index contributed by atoms with van der Waals surface area (Å²) in [6.45, 7) is 2.16. The Morgan fingerprint density at radius 3 is 2.68 bits per heavy atom. The zero-order chi connectivity index (χ0) is 15.9. The number of anilines is 1. The molecule has 0 fully saturated rings. The van der Waals surface area contributed by atoms with Crippen molar-refractivity contribution in [2.24, 2.45) is 7.05 Å². The van der Waals surface area contributed by atoms with Crippen LogP contribution >= 0.6 is 11.8 Å². The van der Waals surface area contributed by atoms with Gasteiger partial charge in [0, 0.05) is 26.2 Å². The largest absolute Gasteiger partial charge is 0.315 e. The summed E-state index contributed by atoms with van der Waals surface area (Å²) in [6, 6.07) is 9.64. The molecule has 0 saturated heterocycles. The molecule has 1 aromatic heterocycles. The second-order valence-corrected chi connectivity index (χ2v) is 6.08. The van der Waals surface area contributed by atoms with Crippen LogP contribution in [-0.2, 0) is 18.3 Å². The van der Waals surface area contributed by atoms with E-state index in [2.05, 4.69) is 17.1 Å². The predicted molar refractivity (Wildman–Crippen MR) is 90.2 cm³/mol. The minimum absolute atomic E-state index is 0.0503. The zero-order valence-corrected chi connectivity index (χ0v) is 14.1. The second kappa shape index (κ2) is 7.98. The molecule has 0 spiro atoms. The van der Waals surface area contributed by atoms with Crippen LogP contribution in [0, 0.1) is 0 Å². The third-order valence-corrected chi connectivity index (χ3v) is 4.53. The fourth-order valence-electron chi connectivity index (χ4n) is 2.04. The molecule has 5 nitrogen and oxygen atoms in total. The first-order valence-electron chi connectivity index (χ1n) is 7.46. The summed E-state index contributed by atoms with van der Waals surface area (Å²) in [6.07, 6.45) is 3.17. The standard InChI is InChI=1S/C16H22N4OS/c1-4-5-11-14-17-18-16(20(14)3)22-12-15(21)19(2)13-9-7-6-8-10-13/h6-10H,4-5,11-12H2,1-3H3. The molecule has 2 rings (SSSR count). The number of unbranched alkanes of at least 4 members (excludes halogenated alkanes) is 1. The summed E-state index contributed by atoms with van der Waals surface area (Å²) in [5, 5.41) is 9.17. The lowest BCUT2D eigenvalue weighted by Crippen LogP contribution is -2.27. The van der Waals surface area contributed by atoms with Crippen LogP contribution in [0.1, 0.15) is 25.6 Å². The molecule has 0 unspecified atom stereocenters. The van der Waals surface area contributed by atoms with Gasteiger partial charge in [0.05, 0.1) is 5.75 Å². The zero-order valence-electron chi connectivity index (χ0n) is 13.3. The van der Waals surface area contributed by atoms with Crippen LogP contribution in [0.25, 0.3) is 0 Å². The van der Waals surface area contributed by atoms with Crippen molar-refractivity contribution in [3.63, 3.8) is 0 Å². The van der Waals surface area contributed by atoms with E-state index in [1.165, 1.54) is 11.8 Å². The molecule has 0 N–H and O–H groups in total. The molecule has 0 saturated carbocycles. The summed E-state index contributed by atoms with van der Waals surface area (Å²) in [5.41, 5.74) is 0.898. The van der Waals surface area contributed by atoms with Crippen LogP contribution in [-0.4, -0.2) is 33.5 Å². The Bertz CT molecular complexity index is 612. The number of thioether (sulfide) groups is 1. The van der Waals surface area contributed by atoms with Crippen LogP contribution in [0.15, 0.2) is 35.5 Å². The minimum Gasteiger partial charge on any atom is -0.315 e. The summed E-state index contributed by atoms with van der Waals surface area (Å²) in [4.78, 5) is 13.9. The van der Waals surface area contributed by atoms with Gasteiger partial charge in [-0.1, -0.05) is 43.3 Å². The first kappa shape index (κ1) is 16.5. The van der Waals surface area contributed by atoms with Crippen molar-refractivity contribution >= 4 is 23.4 Å². The minimum atomic E-state index is 0.0503. The summed E-state index contributed by atoms with van der Waals surface area (Å²) < 4.78 is 1.98. The van der Waals surface area contributed by atoms with E-state index in [9.17, 15) is 4.79 Å². The van der Waals surface area contributed by atoms with Gasteiger partial charge in [0.2, 0.25) is 5.91 Å². The second-order valence-electron chi connectivity index (χ2n) is 5.14. The van der Waals surface area contributed by atoms with Gasteiger partial charge in [-0.25, -0.2) is 0 Å². The van der Waals surface area contributed by atoms with Crippen molar-refractivity contribution < 1.29 is 4.79 Å². The Hall–Kier alpha value is -1.82. The van der Waals surface area contributed by atoms with Crippen molar-refractivity contribution in [2.45, 2.75) is 31.3 Å². The van der Waals surface area contributed by atoms with Crippen molar-refractivity contribution in [3.8, 4) is 0 Å². The number of benzene rings is 1. The monoisotopic (exact) mass is 318 g/mol. The number of rotatable bonds is 7. The number of hydrogen-bond acceptors (Lipinski definition) is 4. The van der Waals surface area contributed by atoms with E-state index in [-0.39, 0.29) is 5.91 Å². The molecule has 118 valence electrons. The molecule has 1 amide bonds. The summed E-state index contributed by atoms with van der Waals surface area (Å²) in [7, 11) is 3.75. The van der Waals surface area contributed by atoms with E-state index in [1.54, 1.807) is 11.9 Å². The van der Waals surface area contributed by atoms with Crippen molar-refractivity contribution in [1.29, 1.82) is 0 Å². The number of aromatic nitrogens is 3. The average Bonchev–Trinajstić information content (AvgIpc) is 2.91. The lowest BCUT2D eigenvalue weighted by Gasteiger charge is -2.16. The van der Waals surface area contributed by atoms with E-state index in [0.717, 1.165) is 35.9 Å². The van der Waals surface area contributed by atoms with Crippen molar-refractivity contribution in [3.05, 3.63) is 36.2 Å². The first-order valence-corrected chi connectivity index (χ1v) is 8.44.